The first-order valence-corrected chi connectivity index (χ1v) is 8.68. The van der Waals surface area contributed by atoms with Gasteiger partial charge in [0, 0.05) is 19.5 Å². The zero-order chi connectivity index (χ0) is 15.0. The number of halogens is 3. The van der Waals surface area contributed by atoms with Gasteiger partial charge >= 0.3 is 0 Å². The van der Waals surface area contributed by atoms with Crippen LogP contribution in [0.1, 0.15) is 58.3 Å². The quantitative estimate of drug-likeness (QED) is 0.553. The summed E-state index contributed by atoms with van der Waals surface area (Å²) in [6.45, 7) is 3.89. The molecule has 1 aliphatic heterocycles. The molecular formula is C14H25Cl3N2O. The summed E-state index contributed by atoms with van der Waals surface area (Å²) in [5.41, 5.74) is 0. The predicted octanol–water partition coefficient (Wildman–Crippen LogP) is 4.26. The molecule has 0 saturated carbocycles. The minimum absolute atomic E-state index is 0.0250. The Labute approximate surface area is 137 Å². The van der Waals surface area contributed by atoms with E-state index in [1.54, 1.807) is 0 Å². The second-order valence-corrected chi connectivity index (χ2v) is 7.79. The Morgan fingerprint density at radius 2 is 1.80 bits per heavy atom. The van der Waals surface area contributed by atoms with Crippen molar-refractivity contribution in [3.05, 3.63) is 0 Å². The maximum atomic E-state index is 12.0. The Hall–Kier alpha value is 0.300. The lowest BCUT2D eigenvalue weighted by molar-refractivity contribution is -0.123. The number of carbonyl (C=O) groups is 1. The van der Waals surface area contributed by atoms with Gasteiger partial charge in [0.25, 0.3) is 0 Å². The predicted molar refractivity (Wildman–Crippen MR) is 86.4 cm³/mol. The van der Waals surface area contributed by atoms with E-state index in [9.17, 15) is 4.79 Å². The molecule has 1 saturated heterocycles. The maximum absolute atomic E-state index is 12.0. The summed E-state index contributed by atoms with van der Waals surface area (Å²) in [7, 11) is 0. The highest BCUT2D eigenvalue weighted by Crippen LogP contribution is 2.33. The van der Waals surface area contributed by atoms with Crippen molar-refractivity contribution in [2.24, 2.45) is 0 Å². The Kier molecular flexibility index (Phi) is 8.57. The molecule has 1 atom stereocenters. The normalized spacial score (nSPS) is 18.8. The zero-order valence-corrected chi connectivity index (χ0v) is 14.4. The van der Waals surface area contributed by atoms with E-state index in [-0.39, 0.29) is 5.91 Å². The smallest absolute Gasteiger partial charge is 0.223 e. The molecule has 118 valence electrons. The summed E-state index contributed by atoms with van der Waals surface area (Å²) >= 11 is 18.1. The third kappa shape index (κ3) is 6.84. The molecule has 1 fully saturated rings. The lowest BCUT2D eigenvalue weighted by Gasteiger charge is -2.38. The van der Waals surface area contributed by atoms with Gasteiger partial charge in [-0.25, -0.2) is 0 Å². The number of alkyl halides is 3. The zero-order valence-electron chi connectivity index (χ0n) is 12.1. The van der Waals surface area contributed by atoms with E-state index >= 15 is 0 Å². The first kappa shape index (κ1) is 18.3. The summed E-state index contributed by atoms with van der Waals surface area (Å²) in [6, 6.07) is 0. The molecule has 20 heavy (non-hydrogen) atoms. The molecule has 0 aliphatic carbocycles. The van der Waals surface area contributed by atoms with Crippen molar-refractivity contribution in [3.8, 4) is 0 Å². The van der Waals surface area contributed by atoms with E-state index in [1.165, 1.54) is 6.42 Å². The molecule has 3 nitrogen and oxygen atoms in total. The molecule has 0 unspecified atom stereocenters. The van der Waals surface area contributed by atoms with Gasteiger partial charge in [0.05, 0.1) is 0 Å². The van der Waals surface area contributed by atoms with Crippen LogP contribution in [-0.2, 0) is 4.79 Å². The molecule has 6 heteroatoms. The molecule has 0 aromatic rings. The highest BCUT2D eigenvalue weighted by atomic mass is 35.6. The van der Waals surface area contributed by atoms with E-state index < -0.39 is 9.96 Å². The topological polar surface area (TPSA) is 32.3 Å². The van der Waals surface area contributed by atoms with Crippen molar-refractivity contribution >= 4 is 40.7 Å². The van der Waals surface area contributed by atoms with Crippen LogP contribution in [0.25, 0.3) is 0 Å². The fourth-order valence-corrected chi connectivity index (χ4v) is 3.07. The van der Waals surface area contributed by atoms with Crippen LogP contribution in [-0.4, -0.2) is 33.9 Å². The van der Waals surface area contributed by atoms with Crippen LogP contribution in [0.5, 0.6) is 0 Å². The Morgan fingerprint density at radius 1 is 1.15 bits per heavy atom. The number of piperidine rings is 1. The van der Waals surface area contributed by atoms with E-state index in [0.717, 1.165) is 51.6 Å². The van der Waals surface area contributed by atoms with Gasteiger partial charge < -0.3 is 5.32 Å². The van der Waals surface area contributed by atoms with Crippen molar-refractivity contribution in [2.75, 3.05) is 13.1 Å². The number of unbranched alkanes of at least 4 members (excludes halogenated alkanes) is 3. The van der Waals surface area contributed by atoms with Crippen LogP contribution in [0.2, 0.25) is 0 Å². The number of amides is 1. The summed E-state index contributed by atoms with van der Waals surface area (Å²) in [5.74, 6) is -0.0250. The number of carbonyl (C=O) groups excluding carboxylic acids is 1. The van der Waals surface area contributed by atoms with Crippen LogP contribution in [0, 0.1) is 0 Å². The molecule has 1 N–H and O–H groups in total. The number of likely N-dealkylation sites (tertiary alicyclic amines) is 1. The molecule has 0 bridgehead atoms. The van der Waals surface area contributed by atoms with Crippen molar-refractivity contribution in [2.45, 2.75) is 68.2 Å². The minimum Gasteiger partial charge on any atom is -0.337 e. The highest BCUT2D eigenvalue weighted by molar-refractivity contribution is 6.68. The first-order valence-electron chi connectivity index (χ1n) is 7.55. The van der Waals surface area contributed by atoms with Gasteiger partial charge in [-0.1, -0.05) is 67.4 Å². The molecule has 1 heterocycles. The number of hydrogen-bond donors (Lipinski definition) is 1. The van der Waals surface area contributed by atoms with Gasteiger partial charge in [-0.15, -0.1) is 0 Å². The fraction of sp³-hybridized carbons (Fsp3) is 0.929. The van der Waals surface area contributed by atoms with Gasteiger partial charge in [-0.3, -0.25) is 9.69 Å². The van der Waals surface area contributed by atoms with Crippen LogP contribution in [0.15, 0.2) is 0 Å². The summed E-state index contributed by atoms with van der Waals surface area (Å²) in [4.78, 5) is 14.1. The van der Waals surface area contributed by atoms with Crippen molar-refractivity contribution in [1.82, 2.24) is 10.2 Å². The van der Waals surface area contributed by atoms with Crippen molar-refractivity contribution in [1.29, 1.82) is 0 Å². The monoisotopic (exact) mass is 342 g/mol. The van der Waals surface area contributed by atoms with Crippen LogP contribution in [0.4, 0.5) is 0 Å². The third-order valence-corrected chi connectivity index (χ3v) is 4.24. The van der Waals surface area contributed by atoms with Gasteiger partial charge in [0.2, 0.25) is 9.70 Å². The molecular weight excluding hydrogens is 319 g/mol. The van der Waals surface area contributed by atoms with Gasteiger partial charge in [-0.2, -0.15) is 0 Å². The second-order valence-electron chi connectivity index (χ2n) is 5.42. The Balaban J connectivity index is 2.45. The minimum atomic E-state index is -1.49. The summed E-state index contributed by atoms with van der Waals surface area (Å²) in [6.07, 6.45) is 7.65. The van der Waals surface area contributed by atoms with E-state index in [1.807, 2.05) is 0 Å². The summed E-state index contributed by atoms with van der Waals surface area (Å²) in [5, 5.41) is 2.89. The van der Waals surface area contributed by atoms with Gasteiger partial charge in [0.15, 0.2) is 0 Å². The van der Waals surface area contributed by atoms with Crippen LogP contribution in [0.3, 0.4) is 0 Å². The second kappa shape index (κ2) is 9.34. The number of nitrogens with one attached hydrogen (secondary N) is 1. The van der Waals surface area contributed by atoms with Gasteiger partial charge in [-0.05, 0) is 19.3 Å². The largest absolute Gasteiger partial charge is 0.337 e. The van der Waals surface area contributed by atoms with Crippen LogP contribution >= 0.6 is 34.8 Å². The molecule has 0 radical (unpaired) electrons. The first-order chi connectivity index (χ1) is 9.45. The average molecular weight is 344 g/mol. The standard InChI is InChI=1S/C14H25Cl3N2O/c1-2-3-4-6-9-12(20)18-13(14(15,16)17)19-10-7-5-8-11-19/h13H,2-11H2,1H3,(H,18,20)/t13-/m0/s1. The molecule has 1 rings (SSSR count). The molecule has 0 aromatic carbocycles. The van der Waals surface area contributed by atoms with E-state index in [0.29, 0.717) is 6.42 Å². The SMILES string of the molecule is CCCCCCC(=O)N[C@@H](N1CCCCC1)C(Cl)(Cl)Cl. The number of nitrogens with zero attached hydrogens (tertiary/aromatic N) is 1. The van der Waals surface area contributed by atoms with Gasteiger partial charge in [0.1, 0.15) is 6.17 Å². The molecule has 0 spiro atoms. The Morgan fingerprint density at radius 3 is 2.35 bits per heavy atom. The third-order valence-electron chi connectivity index (χ3n) is 3.62. The van der Waals surface area contributed by atoms with E-state index in [2.05, 4.69) is 17.1 Å². The number of rotatable bonds is 7. The van der Waals surface area contributed by atoms with Crippen molar-refractivity contribution in [3.63, 3.8) is 0 Å². The molecule has 0 aromatic heterocycles. The lowest BCUT2D eigenvalue weighted by atomic mass is 10.1. The lowest BCUT2D eigenvalue weighted by Crippen LogP contribution is -2.56. The van der Waals surface area contributed by atoms with E-state index in [4.69, 9.17) is 34.8 Å². The molecule has 1 aliphatic rings. The maximum Gasteiger partial charge on any atom is 0.223 e. The number of hydrogen-bond acceptors (Lipinski definition) is 2. The summed E-state index contributed by atoms with van der Waals surface area (Å²) < 4.78 is -1.49. The molecule has 1 amide bonds. The average Bonchev–Trinajstić information content (AvgIpc) is 2.41. The highest BCUT2D eigenvalue weighted by Gasteiger charge is 2.38. The van der Waals surface area contributed by atoms with Crippen molar-refractivity contribution < 1.29 is 4.79 Å². The van der Waals surface area contributed by atoms with Crippen LogP contribution < -0.4 is 5.32 Å². The Bertz CT molecular complexity index is 289. The fourth-order valence-electron chi connectivity index (χ4n) is 2.49.